The smallest absolute Gasteiger partial charge is 0.136 e. The van der Waals surface area contributed by atoms with E-state index >= 15 is 0 Å². The molecule has 0 aliphatic carbocycles. The Kier molecular flexibility index (Phi) is 2.33. The number of nitrogens with zero attached hydrogens (tertiary/aromatic N) is 2. The van der Waals surface area contributed by atoms with Gasteiger partial charge in [0.15, 0.2) is 0 Å². The summed E-state index contributed by atoms with van der Waals surface area (Å²) in [5, 5.41) is 10.5. The van der Waals surface area contributed by atoms with Gasteiger partial charge in [-0.25, -0.2) is 0 Å². The highest BCUT2D eigenvalue weighted by Gasteiger charge is 2.21. The molecule has 1 fully saturated rings. The highest BCUT2D eigenvalue weighted by molar-refractivity contribution is 5.88. The summed E-state index contributed by atoms with van der Waals surface area (Å²) in [4.78, 5) is 0. The predicted octanol–water partition coefficient (Wildman–Crippen LogP) is 1.95. The summed E-state index contributed by atoms with van der Waals surface area (Å²) in [5.74, 6) is 0. The van der Waals surface area contributed by atoms with E-state index in [0.717, 1.165) is 35.0 Å². The molecule has 3 N–H and O–H groups in total. The molecule has 5 heteroatoms. The van der Waals surface area contributed by atoms with Gasteiger partial charge in [-0.3, -0.25) is 5.10 Å². The largest absolute Gasteiger partial charge is 0.397 e. The molecule has 1 atom stereocenters. The zero-order valence-electron chi connectivity index (χ0n) is 9.44. The standard InChI is InChI=1S/C12H14N4O/c1-7-2-5-10(17-6-7)8-3-4-9-12(11(8)13)15-16-14-9/h3-4,10H,1-2,5-6,13H2,(H,14,15,16). The Bertz CT molecular complexity index is 565. The van der Waals surface area contributed by atoms with Gasteiger partial charge in [0.2, 0.25) is 0 Å². The van der Waals surface area contributed by atoms with Gasteiger partial charge in [0.25, 0.3) is 0 Å². The molecule has 0 spiro atoms. The highest BCUT2D eigenvalue weighted by atomic mass is 16.5. The van der Waals surface area contributed by atoms with Crippen molar-refractivity contribution >= 4 is 16.7 Å². The van der Waals surface area contributed by atoms with Gasteiger partial charge >= 0.3 is 0 Å². The Balaban J connectivity index is 1.99. The number of nitrogen functional groups attached to an aromatic ring is 1. The molecule has 2 aromatic rings. The number of rotatable bonds is 1. The van der Waals surface area contributed by atoms with Crippen LogP contribution in [-0.4, -0.2) is 22.0 Å². The van der Waals surface area contributed by atoms with Crippen LogP contribution in [0.15, 0.2) is 24.3 Å². The van der Waals surface area contributed by atoms with Crippen molar-refractivity contribution in [2.24, 2.45) is 0 Å². The average Bonchev–Trinajstić information content (AvgIpc) is 2.80. The Morgan fingerprint density at radius 3 is 3.12 bits per heavy atom. The van der Waals surface area contributed by atoms with Crippen molar-refractivity contribution in [1.29, 1.82) is 0 Å². The number of benzene rings is 1. The Hall–Kier alpha value is -1.88. The molecule has 1 saturated heterocycles. The quantitative estimate of drug-likeness (QED) is 0.580. The molecule has 3 rings (SSSR count). The van der Waals surface area contributed by atoms with Crippen LogP contribution in [0.25, 0.3) is 11.0 Å². The minimum absolute atomic E-state index is 0.0431. The van der Waals surface area contributed by atoms with Crippen LogP contribution in [0.5, 0.6) is 0 Å². The molecular weight excluding hydrogens is 216 g/mol. The average molecular weight is 230 g/mol. The second-order valence-corrected chi connectivity index (χ2v) is 4.36. The number of nitrogens with one attached hydrogen (secondary N) is 1. The van der Waals surface area contributed by atoms with Crippen molar-refractivity contribution in [3.05, 3.63) is 29.8 Å². The van der Waals surface area contributed by atoms with Crippen molar-refractivity contribution in [2.45, 2.75) is 18.9 Å². The van der Waals surface area contributed by atoms with Gasteiger partial charge in [0, 0.05) is 5.56 Å². The summed E-state index contributed by atoms with van der Waals surface area (Å²) in [6.07, 6.45) is 1.95. The monoisotopic (exact) mass is 230 g/mol. The van der Waals surface area contributed by atoms with Crippen LogP contribution in [-0.2, 0) is 4.74 Å². The molecule has 0 bridgehead atoms. The summed E-state index contributed by atoms with van der Waals surface area (Å²) in [6, 6.07) is 3.92. The van der Waals surface area contributed by atoms with E-state index in [0.29, 0.717) is 12.3 Å². The summed E-state index contributed by atoms with van der Waals surface area (Å²) < 4.78 is 5.74. The van der Waals surface area contributed by atoms with Crippen LogP contribution in [0.2, 0.25) is 0 Å². The van der Waals surface area contributed by atoms with E-state index in [-0.39, 0.29) is 6.10 Å². The van der Waals surface area contributed by atoms with Crippen molar-refractivity contribution < 1.29 is 4.74 Å². The normalized spacial score (nSPS) is 20.9. The lowest BCUT2D eigenvalue weighted by Crippen LogP contribution is -2.14. The number of hydrogen-bond donors (Lipinski definition) is 2. The van der Waals surface area contributed by atoms with Crippen LogP contribution in [0, 0.1) is 0 Å². The van der Waals surface area contributed by atoms with Crippen molar-refractivity contribution in [3.8, 4) is 0 Å². The molecule has 5 nitrogen and oxygen atoms in total. The minimum atomic E-state index is 0.0431. The van der Waals surface area contributed by atoms with E-state index in [9.17, 15) is 0 Å². The molecule has 17 heavy (non-hydrogen) atoms. The first kappa shape index (κ1) is 10.3. The Morgan fingerprint density at radius 2 is 2.35 bits per heavy atom. The molecule has 0 amide bonds. The van der Waals surface area contributed by atoms with E-state index in [2.05, 4.69) is 22.0 Å². The number of H-pyrrole nitrogens is 1. The molecule has 0 saturated carbocycles. The second kappa shape index (κ2) is 3.85. The van der Waals surface area contributed by atoms with E-state index in [1.165, 1.54) is 0 Å². The second-order valence-electron chi connectivity index (χ2n) is 4.36. The van der Waals surface area contributed by atoms with Gasteiger partial charge in [0.1, 0.15) is 5.52 Å². The third-order valence-corrected chi connectivity index (χ3v) is 3.17. The van der Waals surface area contributed by atoms with Crippen molar-refractivity contribution in [3.63, 3.8) is 0 Å². The number of fused-ring (bicyclic) bond motifs is 1. The van der Waals surface area contributed by atoms with Gasteiger partial charge < -0.3 is 10.5 Å². The van der Waals surface area contributed by atoms with Crippen molar-refractivity contribution in [2.75, 3.05) is 12.3 Å². The molecule has 2 heterocycles. The fourth-order valence-electron chi connectivity index (χ4n) is 2.19. The summed E-state index contributed by atoms with van der Waals surface area (Å²) in [5.41, 5.74) is 10.5. The van der Waals surface area contributed by atoms with Crippen LogP contribution in [0.4, 0.5) is 5.69 Å². The zero-order valence-corrected chi connectivity index (χ0v) is 9.44. The first-order valence-electron chi connectivity index (χ1n) is 5.63. The topological polar surface area (TPSA) is 76.8 Å². The molecule has 1 aromatic heterocycles. The minimum Gasteiger partial charge on any atom is -0.397 e. The molecule has 1 aromatic carbocycles. The first-order valence-corrected chi connectivity index (χ1v) is 5.63. The van der Waals surface area contributed by atoms with Gasteiger partial charge in [-0.05, 0) is 18.9 Å². The molecule has 1 aliphatic heterocycles. The van der Waals surface area contributed by atoms with E-state index in [4.69, 9.17) is 10.5 Å². The predicted molar refractivity (Wildman–Crippen MR) is 65.4 cm³/mol. The number of aromatic nitrogens is 3. The fourth-order valence-corrected chi connectivity index (χ4v) is 2.19. The van der Waals surface area contributed by atoms with Crippen LogP contribution < -0.4 is 5.73 Å². The van der Waals surface area contributed by atoms with E-state index < -0.39 is 0 Å². The summed E-state index contributed by atoms with van der Waals surface area (Å²) in [7, 11) is 0. The third kappa shape index (κ3) is 1.68. The third-order valence-electron chi connectivity index (χ3n) is 3.17. The Morgan fingerprint density at radius 1 is 1.47 bits per heavy atom. The number of anilines is 1. The van der Waals surface area contributed by atoms with Crippen LogP contribution >= 0.6 is 0 Å². The van der Waals surface area contributed by atoms with Gasteiger partial charge in [-0.15, -0.1) is 5.10 Å². The van der Waals surface area contributed by atoms with Crippen LogP contribution in [0.3, 0.4) is 0 Å². The lowest BCUT2D eigenvalue weighted by atomic mass is 9.97. The summed E-state index contributed by atoms with van der Waals surface area (Å²) in [6.45, 7) is 4.53. The Labute approximate surface area is 98.6 Å². The molecule has 1 unspecified atom stereocenters. The molecule has 1 aliphatic rings. The van der Waals surface area contributed by atoms with Crippen molar-refractivity contribution in [1.82, 2.24) is 15.4 Å². The SMILES string of the molecule is C=C1CCC(c2ccc3[nH]nnc3c2N)OC1. The molecular formula is C12H14N4O. The maximum Gasteiger partial charge on any atom is 0.136 e. The van der Waals surface area contributed by atoms with Gasteiger partial charge in [-0.1, -0.05) is 23.4 Å². The number of hydrogen-bond acceptors (Lipinski definition) is 4. The number of aromatic amines is 1. The van der Waals surface area contributed by atoms with Gasteiger partial charge in [0.05, 0.1) is 23.9 Å². The number of nitrogens with two attached hydrogens (primary N) is 1. The highest BCUT2D eigenvalue weighted by Crippen LogP contribution is 2.35. The lowest BCUT2D eigenvalue weighted by molar-refractivity contribution is 0.0426. The zero-order chi connectivity index (χ0) is 11.8. The van der Waals surface area contributed by atoms with Crippen LogP contribution in [0.1, 0.15) is 24.5 Å². The van der Waals surface area contributed by atoms with Gasteiger partial charge in [-0.2, -0.15) is 0 Å². The fraction of sp³-hybridized carbons (Fsp3) is 0.333. The number of ether oxygens (including phenoxy) is 1. The maximum atomic E-state index is 6.10. The maximum absolute atomic E-state index is 6.10. The van der Waals surface area contributed by atoms with E-state index in [1.54, 1.807) is 0 Å². The lowest BCUT2D eigenvalue weighted by Gasteiger charge is -2.25. The molecule has 88 valence electrons. The van der Waals surface area contributed by atoms with E-state index in [1.807, 2.05) is 12.1 Å². The first-order chi connectivity index (χ1) is 8.25. The molecule has 0 radical (unpaired) electrons. The summed E-state index contributed by atoms with van der Waals surface area (Å²) >= 11 is 0.